The molecule has 1 saturated carbocycles. The van der Waals surface area contributed by atoms with Crippen LogP contribution in [0.2, 0.25) is 0 Å². The van der Waals surface area contributed by atoms with Crippen molar-refractivity contribution in [3.8, 4) is 11.3 Å². The smallest absolute Gasteiger partial charge is 0.289 e. The second-order valence-corrected chi connectivity index (χ2v) is 7.20. The Kier molecular flexibility index (Phi) is 4.52. The van der Waals surface area contributed by atoms with Crippen LogP contribution in [-0.2, 0) is 6.54 Å². The van der Waals surface area contributed by atoms with Crippen molar-refractivity contribution in [3.05, 3.63) is 29.1 Å². The van der Waals surface area contributed by atoms with E-state index in [0.29, 0.717) is 34.6 Å². The van der Waals surface area contributed by atoms with Crippen molar-refractivity contribution in [1.82, 2.24) is 29.5 Å². The highest BCUT2D eigenvalue weighted by molar-refractivity contribution is 7.98. The van der Waals surface area contributed by atoms with Gasteiger partial charge in [-0.1, -0.05) is 31.0 Å². The van der Waals surface area contributed by atoms with Gasteiger partial charge in [-0.25, -0.2) is 24.7 Å². The van der Waals surface area contributed by atoms with Crippen molar-refractivity contribution in [2.45, 2.75) is 43.8 Å². The van der Waals surface area contributed by atoms with Crippen LogP contribution in [0.4, 0.5) is 0 Å². The molecule has 25 heavy (non-hydrogen) atoms. The molecule has 1 aliphatic carbocycles. The maximum Gasteiger partial charge on any atom is 0.328 e. The molecule has 3 aromatic heterocycles. The number of thioether (sulfide) groups is 1. The van der Waals surface area contributed by atoms with E-state index < -0.39 is 0 Å². The molecule has 130 valence electrons. The first kappa shape index (κ1) is 16.3. The molecule has 1 aliphatic rings. The SMILES string of the molecule is CSc1ncc(-c2cnc3[nH]c(=O)n(CC4CCCCC4)c3n2)cn1. The van der Waals surface area contributed by atoms with E-state index in [-0.39, 0.29) is 5.69 Å². The zero-order chi connectivity index (χ0) is 17.2. The number of aromatic amines is 1. The summed E-state index contributed by atoms with van der Waals surface area (Å²) in [5.74, 6) is 0.542. The Hall–Kier alpha value is -2.22. The predicted molar refractivity (Wildman–Crippen MR) is 97.5 cm³/mol. The molecule has 0 saturated heterocycles. The third-order valence-corrected chi connectivity index (χ3v) is 5.33. The maximum atomic E-state index is 12.3. The standard InChI is InChI=1S/C17H20N6OS/c1-25-16-19-7-12(8-20-16)13-9-18-14-15(21-13)23(17(24)22-14)10-11-5-3-2-4-6-11/h7-9,11H,2-6,10H2,1H3,(H,18,22,24). The van der Waals surface area contributed by atoms with E-state index in [4.69, 9.17) is 0 Å². The van der Waals surface area contributed by atoms with E-state index in [1.807, 2.05) is 6.26 Å². The first-order valence-electron chi connectivity index (χ1n) is 8.56. The number of fused-ring (bicyclic) bond motifs is 1. The molecule has 0 atom stereocenters. The summed E-state index contributed by atoms with van der Waals surface area (Å²) < 4.78 is 1.74. The van der Waals surface area contributed by atoms with Crippen LogP contribution in [-0.4, -0.2) is 35.7 Å². The second kappa shape index (κ2) is 6.95. The van der Waals surface area contributed by atoms with Crippen molar-refractivity contribution in [2.75, 3.05) is 6.26 Å². The van der Waals surface area contributed by atoms with Gasteiger partial charge < -0.3 is 0 Å². The van der Waals surface area contributed by atoms with Gasteiger partial charge in [0.05, 0.1) is 11.9 Å². The van der Waals surface area contributed by atoms with Gasteiger partial charge in [-0.05, 0) is 25.0 Å². The first-order chi connectivity index (χ1) is 12.2. The van der Waals surface area contributed by atoms with Crippen LogP contribution in [0.3, 0.4) is 0 Å². The monoisotopic (exact) mass is 356 g/mol. The predicted octanol–water partition coefficient (Wildman–Crippen LogP) is 2.88. The molecule has 0 aromatic carbocycles. The number of rotatable bonds is 4. The summed E-state index contributed by atoms with van der Waals surface area (Å²) in [6.07, 6.45) is 13.2. The zero-order valence-corrected chi connectivity index (χ0v) is 14.9. The summed E-state index contributed by atoms with van der Waals surface area (Å²) in [5, 5.41) is 0.716. The summed E-state index contributed by atoms with van der Waals surface area (Å²) in [6.45, 7) is 0.707. The molecule has 3 heterocycles. The number of imidazole rings is 1. The molecule has 1 fully saturated rings. The van der Waals surface area contributed by atoms with Crippen molar-refractivity contribution in [3.63, 3.8) is 0 Å². The van der Waals surface area contributed by atoms with Gasteiger partial charge in [0.1, 0.15) is 0 Å². The molecule has 7 nitrogen and oxygen atoms in total. The number of hydrogen-bond acceptors (Lipinski definition) is 6. The van der Waals surface area contributed by atoms with Crippen LogP contribution in [0.25, 0.3) is 22.6 Å². The highest BCUT2D eigenvalue weighted by Gasteiger charge is 2.18. The van der Waals surface area contributed by atoms with Gasteiger partial charge in [-0.3, -0.25) is 9.55 Å². The van der Waals surface area contributed by atoms with Gasteiger partial charge in [0.25, 0.3) is 0 Å². The Morgan fingerprint density at radius 3 is 2.64 bits per heavy atom. The van der Waals surface area contributed by atoms with Gasteiger partial charge in [0, 0.05) is 24.5 Å². The fraction of sp³-hybridized carbons (Fsp3) is 0.471. The highest BCUT2D eigenvalue weighted by Crippen LogP contribution is 2.25. The van der Waals surface area contributed by atoms with Crippen molar-refractivity contribution < 1.29 is 0 Å². The van der Waals surface area contributed by atoms with E-state index in [0.717, 1.165) is 5.56 Å². The minimum absolute atomic E-state index is 0.133. The number of H-pyrrole nitrogens is 1. The van der Waals surface area contributed by atoms with E-state index in [1.54, 1.807) is 23.2 Å². The largest absolute Gasteiger partial charge is 0.328 e. The van der Waals surface area contributed by atoms with E-state index in [9.17, 15) is 4.79 Å². The average Bonchev–Trinajstić information content (AvgIpc) is 2.97. The maximum absolute atomic E-state index is 12.3. The van der Waals surface area contributed by atoms with Crippen LogP contribution >= 0.6 is 11.8 Å². The zero-order valence-electron chi connectivity index (χ0n) is 14.1. The Labute approximate surface area is 149 Å². The van der Waals surface area contributed by atoms with Crippen LogP contribution in [0.5, 0.6) is 0 Å². The van der Waals surface area contributed by atoms with Crippen molar-refractivity contribution in [2.24, 2.45) is 5.92 Å². The minimum Gasteiger partial charge on any atom is -0.289 e. The molecule has 0 amide bonds. The molecule has 0 bridgehead atoms. The molecule has 0 aliphatic heterocycles. The number of nitrogens with one attached hydrogen (secondary N) is 1. The van der Waals surface area contributed by atoms with Crippen LogP contribution in [0, 0.1) is 5.92 Å². The Morgan fingerprint density at radius 2 is 1.92 bits per heavy atom. The van der Waals surface area contributed by atoms with Gasteiger partial charge in [0.15, 0.2) is 16.5 Å². The second-order valence-electron chi connectivity index (χ2n) is 6.43. The molecule has 3 aromatic rings. The Bertz CT molecular complexity index is 926. The van der Waals surface area contributed by atoms with Crippen molar-refractivity contribution in [1.29, 1.82) is 0 Å². The average molecular weight is 356 g/mol. The lowest BCUT2D eigenvalue weighted by Gasteiger charge is -2.21. The summed E-state index contributed by atoms with van der Waals surface area (Å²) in [6, 6.07) is 0. The third kappa shape index (κ3) is 3.30. The van der Waals surface area contributed by atoms with E-state index in [2.05, 4.69) is 24.9 Å². The lowest BCUT2D eigenvalue weighted by atomic mass is 9.89. The fourth-order valence-corrected chi connectivity index (χ4v) is 3.73. The quantitative estimate of drug-likeness (QED) is 0.571. The molecule has 0 spiro atoms. The van der Waals surface area contributed by atoms with Crippen LogP contribution < -0.4 is 5.69 Å². The number of nitrogens with zero attached hydrogens (tertiary/aromatic N) is 5. The van der Waals surface area contributed by atoms with Crippen molar-refractivity contribution >= 4 is 23.1 Å². The topological polar surface area (TPSA) is 89.4 Å². The normalized spacial score (nSPS) is 15.7. The lowest BCUT2D eigenvalue weighted by molar-refractivity contribution is 0.319. The first-order valence-corrected chi connectivity index (χ1v) is 9.79. The molecule has 0 radical (unpaired) electrons. The van der Waals surface area contributed by atoms with E-state index >= 15 is 0 Å². The van der Waals surface area contributed by atoms with Gasteiger partial charge in [0.2, 0.25) is 0 Å². The number of aromatic nitrogens is 6. The lowest BCUT2D eigenvalue weighted by Crippen LogP contribution is -2.23. The Balaban J connectivity index is 1.70. The number of hydrogen-bond donors (Lipinski definition) is 1. The third-order valence-electron chi connectivity index (χ3n) is 4.75. The summed E-state index contributed by atoms with van der Waals surface area (Å²) in [4.78, 5) is 32.8. The molecule has 4 rings (SSSR count). The van der Waals surface area contributed by atoms with Crippen LogP contribution in [0.1, 0.15) is 32.1 Å². The summed E-state index contributed by atoms with van der Waals surface area (Å²) >= 11 is 1.49. The van der Waals surface area contributed by atoms with Gasteiger partial charge in [-0.2, -0.15) is 0 Å². The van der Waals surface area contributed by atoms with E-state index in [1.165, 1.54) is 43.9 Å². The van der Waals surface area contributed by atoms with Crippen LogP contribution in [0.15, 0.2) is 28.5 Å². The highest BCUT2D eigenvalue weighted by atomic mass is 32.2. The molecule has 1 N–H and O–H groups in total. The fourth-order valence-electron chi connectivity index (χ4n) is 3.41. The molecule has 0 unspecified atom stereocenters. The van der Waals surface area contributed by atoms with Gasteiger partial charge in [-0.15, -0.1) is 0 Å². The minimum atomic E-state index is -0.133. The molecular formula is C17H20N6OS. The molecular weight excluding hydrogens is 336 g/mol. The summed E-state index contributed by atoms with van der Waals surface area (Å²) in [7, 11) is 0. The molecule has 8 heteroatoms. The Morgan fingerprint density at radius 1 is 1.16 bits per heavy atom. The van der Waals surface area contributed by atoms with Gasteiger partial charge >= 0.3 is 5.69 Å². The summed E-state index contributed by atoms with van der Waals surface area (Å²) in [5.41, 5.74) is 2.49.